The molecule has 3 N–H and O–H groups in total. The van der Waals surface area contributed by atoms with E-state index in [0.717, 1.165) is 17.3 Å². The van der Waals surface area contributed by atoms with E-state index >= 15 is 0 Å². The first kappa shape index (κ1) is 12.1. The van der Waals surface area contributed by atoms with Gasteiger partial charge in [-0.05, 0) is 17.3 Å². The van der Waals surface area contributed by atoms with Crippen LogP contribution in [0, 0.1) is 0 Å². The van der Waals surface area contributed by atoms with Gasteiger partial charge in [0.15, 0.2) is 0 Å². The second-order valence-electron chi connectivity index (χ2n) is 3.61. The number of hydrogen-bond acceptors (Lipinski definition) is 5. The molecule has 6 heteroatoms. The molecule has 2 unspecified atom stereocenters. The molecule has 0 spiro atoms. The summed E-state index contributed by atoms with van der Waals surface area (Å²) in [5, 5.41) is 13.9. The van der Waals surface area contributed by atoms with Crippen molar-refractivity contribution in [3.8, 4) is 0 Å². The maximum Gasteiger partial charge on any atom is 0.287 e. The van der Waals surface area contributed by atoms with Crippen LogP contribution >= 0.6 is 11.8 Å². The van der Waals surface area contributed by atoms with E-state index in [1.54, 1.807) is 12.1 Å². The van der Waals surface area contributed by atoms with Crippen LogP contribution in [0.1, 0.15) is 11.7 Å². The topological polar surface area (TPSA) is 78.4 Å². The van der Waals surface area contributed by atoms with Crippen molar-refractivity contribution in [3.05, 3.63) is 35.9 Å². The van der Waals surface area contributed by atoms with Crippen LogP contribution in [-0.2, 0) is 4.79 Å². The molecule has 0 aliphatic carbocycles. The lowest BCUT2D eigenvalue weighted by Gasteiger charge is -2.13. The average Bonchev–Trinajstić information content (AvgIpc) is 2.66. The number of aliphatic hydroxyl groups excluding tert-OH is 1. The molecule has 0 aromatic heterocycles. The number of hydrogen-bond donors (Lipinski definition) is 3. The number of aliphatic hydroxyl groups is 1. The number of thioether (sulfide) groups is 1. The molecule has 1 saturated heterocycles. The molecule has 1 fully saturated rings. The summed E-state index contributed by atoms with van der Waals surface area (Å²) in [5.41, 5.74) is 0.773. The van der Waals surface area contributed by atoms with Gasteiger partial charge in [-0.3, -0.25) is 20.2 Å². The normalized spacial score (nSPS) is 21.4. The van der Waals surface area contributed by atoms with Gasteiger partial charge in [0.1, 0.15) is 5.37 Å². The first-order chi connectivity index (χ1) is 8.16. The lowest BCUT2D eigenvalue weighted by Crippen LogP contribution is -2.37. The largest absolute Gasteiger partial charge is 0.387 e. The number of rotatable bonds is 4. The molecule has 2 atom stereocenters. The molecular weight excluding hydrogens is 240 g/mol. The zero-order valence-corrected chi connectivity index (χ0v) is 9.74. The molecule has 0 saturated carbocycles. The van der Waals surface area contributed by atoms with Crippen molar-refractivity contribution in [2.75, 3.05) is 6.54 Å². The van der Waals surface area contributed by atoms with Crippen LogP contribution in [0.3, 0.4) is 0 Å². The van der Waals surface area contributed by atoms with E-state index in [9.17, 15) is 14.7 Å². The van der Waals surface area contributed by atoms with E-state index < -0.39 is 11.5 Å². The van der Waals surface area contributed by atoms with Crippen molar-refractivity contribution in [1.29, 1.82) is 0 Å². The summed E-state index contributed by atoms with van der Waals surface area (Å²) < 4.78 is 0. The van der Waals surface area contributed by atoms with Gasteiger partial charge in [-0.1, -0.05) is 30.3 Å². The second kappa shape index (κ2) is 5.31. The van der Waals surface area contributed by atoms with Gasteiger partial charge >= 0.3 is 0 Å². The zero-order valence-electron chi connectivity index (χ0n) is 8.92. The third-order valence-corrected chi connectivity index (χ3v) is 3.30. The highest BCUT2D eigenvalue weighted by Crippen LogP contribution is 2.17. The van der Waals surface area contributed by atoms with Gasteiger partial charge < -0.3 is 5.11 Å². The van der Waals surface area contributed by atoms with Crippen molar-refractivity contribution in [1.82, 2.24) is 10.6 Å². The third-order valence-electron chi connectivity index (χ3n) is 2.37. The number of benzene rings is 1. The lowest BCUT2D eigenvalue weighted by molar-refractivity contribution is -0.119. The Balaban J connectivity index is 1.86. The molecule has 1 aromatic carbocycles. The molecule has 1 aliphatic rings. The maximum atomic E-state index is 11.2. The Bertz CT molecular complexity index is 424. The quantitative estimate of drug-likeness (QED) is 0.732. The Hall–Kier alpha value is -1.37. The number of amides is 2. The SMILES string of the molecule is O=C1NC(=O)C(NCC(O)c2ccccc2)S1. The first-order valence-corrected chi connectivity index (χ1v) is 6.02. The van der Waals surface area contributed by atoms with E-state index in [1.165, 1.54) is 0 Å². The molecule has 1 heterocycles. The summed E-state index contributed by atoms with van der Waals surface area (Å²) >= 11 is 0.889. The first-order valence-electron chi connectivity index (χ1n) is 5.14. The van der Waals surface area contributed by atoms with Crippen molar-refractivity contribution in [2.24, 2.45) is 0 Å². The molecular formula is C11H12N2O3S. The fourth-order valence-corrected chi connectivity index (χ4v) is 2.22. The van der Waals surface area contributed by atoms with E-state index in [0.29, 0.717) is 0 Å². The Kier molecular flexibility index (Phi) is 3.78. The van der Waals surface area contributed by atoms with Crippen molar-refractivity contribution >= 4 is 22.9 Å². The predicted molar refractivity (Wildman–Crippen MR) is 64.3 cm³/mol. The summed E-state index contributed by atoms with van der Waals surface area (Å²) in [6.07, 6.45) is -0.694. The standard InChI is InChI=1S/C11H12N2O3S/c14-8(7-4-2-1-3-5-7)6-12-10-9(15)13-11(16)17-10/h1-5,8,10,12,14H,6H2,(H,13,15,16). The van der Waals surface area contributed by atoms with Crippen LogP contribution in [0.15, 0.2) is 30.3 Å². The molecule has 90 valence electrons. The monoisotopic (exact) mass is 252 g/mol. The average molecular weight is 252 g/mol. The van der Waals surface area contributed by atoms with Crippen LogP contribution in [0.4, 0.5) is 4.79 Å². The van der Waals surface area contributed by atoms with Gasteiger partial charge in [0, 0.05) is 6.54 Å². The molecule has 2 amide bonds. The van der Waals surface area contributed by atoms with Gasteiger partial charge in [-0.2, -0.15) is 0 Å². The van der Waals surface area contributed by atoms with Crippen LogP contribution in [0.5, 0.6) is 0 Å². The van der Waals surface area contributed by atoms with Gasteiger partial charge in [0.2, 0.25) is 0 Å². The summed E-state index contributed by atoms with van der Waals surface area (Å²) in [4.78, 5) is 22.1. The Morgan fingerprint density at radius 3 is 2.65 bits per heavy atom. The minimum Gasteiger partial charge on any atom is -0.387 e. The van der Waals surface area contributed by atoms with E-state index in [1.807, 2.05) is 18.2 Å². The van der Waals surface area contributed by atoms with Crippen LogP contribution in [0.2, 0.25) is 0 Å². The molecule has 0 radical (unpaired) electrons. The van der Waals surface area contributed by atoms with Crippen molar-refractivity contribution in [2.45, 2.75) is 11.5 Å². The molecule has 17 heavy (non-hydrogen) atoms. The second-order valence-corrected chi connectivity index (χ2v) is 4.69. The van der Waals surface area contributed by atoms with Crippen LogP contribution in [-0.4, -0.2) is 28.2 Å². The van der Waals surface area contributed by atoms with Crippen molar-refractivity contribution < 1.29 is 14.7 Å². The number of carbonyl (C=O) groups is 2. The third kappa shape index (κ3) is 3.06. The van der Waals surface area contributed by atoms with Gasteiger partial charge in [-0.25, -0.2) is 0 Å². The fraction of sp³-hybridized carbons (Fsp3) is 0.273. The zero-order chi connectivity index (χ0) is 12.3. The van der Waals surface area contributed by atoms with Crippen LogP contribution < -0.4 is 10.6 Å². The highest BCUT2D eigenvalue weighted by Gasteiger charge is 2.31. The van der Waals surface area contributed by atoms with Crippen molar-refractivity contribution in [3.63, 3.8) is 0 Å². The minimum absolute atomic E-state index is 0.225. The Morgan fingerprint density at radius 1 is 1.35 bits per heavy atom. The molecule has 2 rings (SSSR count). The summed E-state index contributed by atoms with van der Waals surface area (Å²) in [7, 11) is 0. The van der Waals surface area contributed by atoms with Gasteiger partial charge in [-0.15, -0.1) is 0 Å². The van der Waals surface area contributed by atoms with E-state index in [-0.39, 0.29) is 17.7 Å². The minimum atomic E-state index is -0.694. The summed E-state index contributed by atoms with van der Waals surface area (Å²) in [6, 6.07) is 9.14. The molecule has 0 bridgehead atoms. The summed E-state index contributed by atoms with van der Waals surface area (Å²) in [5.74, 6) is -0.361. The fourth-order valence-electron chi connectivity index (χ4n) is 1.50. The van der Waals surface area contributed by atoms with Crippen LogP contribution in [0.25, 0.3) is 0 Å². The lowest BCUT2D eigenvalue weighted by atomic mass is 10.1. The smallest absolute Gasteiger partial charge is 0.287 e. The van der Waals surface area contributed by atoms with E-state index in [4.69, 9.17) is 0 Å². The maximum absolute atomic E-state index is 11.2. The highest BCUT2D eigenvalue weighted by atomic mass is 32.2. The Labute approximate surface area is 103 Å². The van der Waals surface area contributed by atoms with E-state index in [2.05, 4.69) is 10.6 Å². The summed E-state index contributed by atoms with van der Waals surface area (Å²) in [6.45, 7) is 0.225. The number of imide groups is 1. The molecule has 1 aromatic rings. The predicted octanol–water partition coefficient (Wildman–Crippen LogP) is 0.619. The number of carbonyl (C=O) groups excluding carboxylic acids is 2. The molecule has 1 aliphatic heterocycles. The Morgan fingerprint density at radius 2 is 2.06 bits per heavy atom. The van der Waals surface area contributed by atoms with Gasteiger partial charge in [0.05, 0.1) is 6.10 Å². The number of nitrogens with one attached hydrogen (secondary N) is 2. The highest BCUT2D eigenvalue weighted by molar-refractivity contribution is 8.15. The van der Waals surface area contributed by atoms with Gasteiger partial charge in [0.25, 0.3) is 11.1 Å². The molecule has 5 nitrogen and oxygen atoms in total.